The highest BCUT2D eigenvalue weighted by molar-refractivity contribution is 5.91. The molecule has 6 heteroatoms. The van der Waals surface area contributed by atoms with Gasteiger partial charge in [0.15, 0.2) is 11.6 Å². The lowest BCUT2D eigenvalue weighted by Crippen LogP contribution is -2.60. The van der Waals surface area contributed by atoms with Crippen LogP contribution in [0.2, 0.25) is 0 Å². The van der Waals surface area contributed by atoms with Crippen LogP contribution >= 0.6 is 0 Å². The van der Waals surface area contributed by atoms with Crippen molar-refractivity contribution in [1.29, 1.82) is 0 Å². The van der Waals surface area contributed by atoms with Gasteiger partial charge in [0.1, 0.15) is 17.6 Å². The Hall–Kier alpha value is -4.84. The van der Waals surface area contributed by atoms with Crippen molar-refractivity contribution in [2.75, 3.05) is 9.80 Å². The van der Waals surface area contributed by atoms with Gasteiger partial charge in [-0.3, -0.25) is 9.97 Å². The van der Waals surface area contributed by atoms with Gasteiger partial charge in [-0.05, 0) is 48.0 Å². The lowest BCUT2D eigenvalue weighted by molar-refractivity contribution is 0.171. The maximum Gasteiger partial charge on any atom is 0.179 e. The van der Waals surface area contributed by atoms with Crippen molar-refractivity contribution in [3.63, 3.8) is 0 Å². The Bertz CT molecular complexity index is 1720. The van der Waals surface area contributed by atoms with Crippen molar-refractivity contribution in [2.45, 2.75) is 32.4 Å². The zero-order chi connectivity index (χ0) is 27.5. The van der Waals surface area contributed by atoms with Crippen molar-refractivity contribution < 1.29 is 0 Å². The summed E-state index contributed by atoms with van der Waals surface area (Å²) in [6.07, 6.45) is 9.26. The Morgan fingerprint density at radius 1 is 0.700 bits per heavy atom. The van der Waals surface area contributed by atoms with E-state index in [9.17, 15) is 0 Å². The van der Waals surface area contributed by atoms with Crippen LogP contribution in [0.3, 0.4) is 0 Å². The van der Waals surface area contributed by atoms with E-state index in [4.69, 9.17) is 9.97 Å². The minimum Gasteiger partial charge on any atom is -0.301 e. The van der Waals surface area contributed by atoms with Crippen LogP contribution in [0, 0.1) is 5.41 Å². The second-order valence-corrected chi connectivity index (χ2v) is 11.1. The summed E-state index contributed by atoms with van der Waals surface area (Å²) in [7, 11) is 0. The molecule has 2 aliphatic rings. The number of para-hydroxylation sites is 2. The molecule has 0 aliphatic carbocycles. The Morgan fingerprint density at radius 2 is 1.27 bits per heavy atom. The minimum absolute atomic E-state index is 0.103. The molecule has 0 spiro atoms. The first-order chi connectivity index (χ1) is 19.5. The van der Waals surface area contributed by atoms with Gasteiger partial charge >= 0.3 is 0 Å². The van der Waals surface area contributed by atoms with Gasteiger partial charge < -0.3 is 9.80 Å². The number of hydrogen-bond donors (Lipinski definition) is 0. The molecule has 5 aromatic rings. The average Bonchev–Trinajstić information content (AvgIpc) is 3.36. The standard InChI is InChI=1S/C34H30N6/c1-5-34(4)26-17-9-10-18-27(26)40-31-30(39(32(40)33(34,2)3)25-15-7-6-8-16-25)37-28(23-13-11-19-35-21-23)29(38-31)24-14-12-20-36-22-24/h5-22,32H,1H2,2-4H3. The lowest BCUT2D eigenvalue weighted by Gasteiger charge is -2.56. The van der Waals surface area contributed by atoms with E-state index in [0.717, 1.165) is 45.5 Å². The van der Waals surface area contributed by atoms with E-state index in [-0.39, 0.29) is 17.0 Å². The lowest BCUT2D eigenvalue weighted by atomic mass is 9.58. The van der Waals surface area contributed by atoms with Crippen molar-refractivity contribution in [3.8, 4) is 22.5 Å². The summed E-state index contributed by atoms with van der Waals surface area (Å²) in [4.78, 5) is 24.4. The molecule has 2 atom stereocenters. The van der Waals surface area contributed by atoms with Crippen LogP contribution in [-0.4, -0.2) is 26.1 Å². The third-order valence-corrected chi connectivity index (χ3v) is 8.82. The van der Waals surface area contributed by atoms with E-state index >= 15 is 0 Å². The Labute approximate surface area is 234 Å². The number of pyridine rings is 2. The third-order valence-electron chi connectivity index (χ3n) is 8.82. The number of anilines is 4. The van der Waals surface area contributed by atoms with E-state index < -0.39 is 0 Å². The Morgan fingerprint density at radius 3 is 1.85 bits per heavy atom. The number of benzene rings is 2. The SMILES string of the molecule is C=CC1(C)c2ccccc2N2c3nc(-c4cccnc4)c(-c4cccnc4)nc3N(c3ccccc3)C2C1(C)C. The Kier molecular flexibility index (Phi) is 5.36. The van der Waals surface area contributed by atoms with E-state index in [1.165, 1.54) is 5.56 Å². The van der Waals surface area contributed by atoms with Gasteiger partial charge in [-0.1, -0.05) is 63.2 Å². The minimum atomic E-state index is -0.307. The summed E-state index contributed by atoms with van der Waals surface area (Å²) in [5.74, 6) is 1.64. The number of fused-ring (bicyclic) bond motifs is 5. The number of hydrogen-bond acceptors (Lipinski definition) is 6. The molecular formula is C34H30N6. The molecule has 2 unspecified atom stereocenters. The smallest absolute Gasteiger partial charge is 0.179 e. The molecule has 7 rings (SSSR count). The second kappa shape index (κ2) is 8.85. The molecule has 6 nitrogen and oxygen atoms in total. The molecule has 0 amide bonds. The summed E-state index contributed by atoms with van der Waals surface area (Å²) >= 11 is 0. The first-order valence-corrected chi connectivity index (χ1v) is 13.5. The largest absolute Gasteiger partial charge is 0.301 e. The van der Waals surface area contributed by atoms with Gasteiger partial charge in [-0.2, -0.15) is 0 Å². The van der Waals surface area contributed by atoms with E-state index in [0.29, 0.717) is 0 Å². The number of rotatable bonds is 4. The quantitative estimate of drug-likeness (QED) is 0.225. The van der Waals surface area contributed by atoms with Gasteiger partial charge in [0, 0.05) is 58.1 Å². The molecule has 0 N–H and O–H groups in total. The molecule has 5 heterocycles. The summed E-state index contributed by atoms with van der Waals surface area (Å²) in [5, 5.41) is 0. The molecule has 196 valence electrons. The first-order valence-electron chi connectivity index (χ1n) is 13.5. The second-order valence-electron chi connectivity index (χ2n) is 11.1. The molecular weight excluding hydrogens is 492 g/mol. The number of allylic oxidation sites excluding steroid dienone is 1. The summed E-state index contributed by atoms with van der Waals surface area (Å²) in [5.41, 5.74) is 6.19. The normalized spacial score (nSPS) is 20.4. The van der Waals surface area contributed by atoms with Crippen LogP contribution in [0.4, 0.5) is 23.0 Å². The molecule has 0 saturated heterocycles. The predicted molar refractivity (Wildman–Crippen MR) is 161 cm³/mol. The van der Waals surface area contributed by atoms with Crippen LogP contribution in [0.15, 0.2) is 116 Å². The van der Waals surface area contributed by atoms with Gasteiger partial charge in [-0.25, -0.2) is 9.97 Å². The zero-order valence-electron chi connectivity index (χ0n) is 22.9. The van der Waals surface area contributed by atoms with Crippen LogP contribution < -0.4 is 9.80 Å². The Balaban J connectivity index is 1.59. The van der Waals surface area contributed by atoms with Crippen LogP contribution in [0.5, 0.6) is 0 Å². The maximum atomic E-state index is 5.43. The molecule has 0 saturated carbocycles. The van der Waals surface area contributed by atoms with Crippen molar-refractivity contribution in [2.24, 2.45) is 5.41 Å². The zero-order valence-corrected chi connectivity index (χ0v) is 22.9. The van der Waals surface area contributed by atoms with E-state index in [2.05, 4.69) is 102 Å². The van der Waals surface area contributed by atoms with Crippen molar-refractivity contribution in [1.82, 2.24) is 19.9 Å². The molecule has 2 aliphatic heterocycles. The fraction of sp³-hybridized carbons (Fsp3) is 0.176. The van der Waals surface area contributed by atoms with Gasteiger partial charge in [-0.15, -0.1) is 6.58 Å². The van der Waals surface area contributed by atoms with Crippen molar-refractivity contribution >= 4 is 23.0 Å². The maximum absolute atomic E-state index is 5.43. The summed E-state index contributed by atoms with van der Waals surface area (Å²) in [6.45, 7) is 11.3. The van der Waals surface area contributed by atoms with E-state index in [1.807, 2.05) is 42.7 Å². The van der Waals surface area contributed by atoms with Crippen LogP contribution in [0.1, 0.15) is 26.3 Å². The average molecular weight is 523 g/mol. The molecule has 40 heavy (non-hydrogen) atoms. The summed E-state index contributed by atoms with van der Waals surface area (Å²) in [6, 6.07) is 27.1. The van der Waals surface area contributed by atoms with E-state index in [1.54, 1.807) is 12.4 Å². The third kappa shape index (κ3) is 3.29. The fourth-order valence-electron chi connectivity index (χ4n) is 6.35. The monoisotopic (exact) mass is 522 g/mol. The van der Waals surface area contributed by atoms with Gasteiger partial charge in [0.25, 0.3) is 0 Å². The highest BCUT2D eigenvalue weighted by Crippen LogP contribution is 2.62. The highest BCUT2D eigenvalue weighted by atomic mass is 15.5. The topological polar surface area (TPSA) is 58.0 Å². The first kappa shape index (κ1) is 24.2. The molecule has 0 bridgehead atoms. The van der Waals surface area contributed by atoms with Crippen LogP contribution in [0.25, 0.3) is 22.5 Å². The molecule has 0 radical (unpaired) electrons. The highest BCUT2D eigenvalue weighted by Gasteiger charge is 2.59. The number of aromatic nitrogens is 4. The van der Waals surface area contributed by atoms with Gasteiger partial charge in [0.05, 0.1) is 0 Å². The van der Waals surface area contributed by atoms with Crippen molar-refractivity contribution in [3.05, 3.63) is 122 Å². The van der Waals surface area contributed by atoms with Gasteiger partial charge in [0.2, 0.25) is 0 Å². The summed E-state index contributed by atoms with van der Waals surface area (Å²) < 4.78 is 0. The number of nitrogens with zero attached hydrogens (tertiary/aromatic N) is 6. The molecule has 0 fully saturated rings. The molecule has 3 aromatic heterocycles. The molecule has 2 aromatic carbocycles. The van der Waals surface area contributed by atoms with Crippen LogP contribution in [-0.2, 0) is 5.41 Å². The predicted octanol–water partition coefficient (Wildman–Crippen LogP) is 7.70. The fourth-order valence-corrected chi connectivity index (χ4v) is 6.35.